The zero-order valence-corrected chi connectivity index (χ0v) is 9.15. The summed E-state index contributed by atoms with van der Waals surface area (Å²) in [5, 5.41) is 9.98. The number of hydrogen-bond acceptors (Lipinski definition) is 2. The molecular formula is C10H22N4. The first-order valence-electron chi connectivity index (χ1n) is 5.53. The van der Waals surface area contributed by atoms with Crippen LogP contribution in [0.1, 0.15) is 58.3 Å². The van der Waals surface area contributed by atoms with Crippen molar-refractivity contribution in [2.24, 2.45) is 21.4 Å². The average Bonchev–Trinajstić information content (AvgIpc) is 2.21. The molecule has 0 amide bonds. The van der Waals surface area contributed by atoms with Gasteiger partial charge in [-0.2, -0.15) is 0 Å². The molecule has 0 aliphatic rings. The summed E-state index contributed by atoms with van der Waals surface area (Å²) in [6, 6.07) is 0. The summed E-state index contributed by atoms with van der Waals surface area (Å²) >= 11 is 0. The van der Waals surface area contributed by atoms with Gasteiger partial charge in [0.2, 0.25) is 0 Å². The molecule has 2 N–H and O–H groups in total. The Morgan fingerprint density at radius 3 is 2.29 bits per heavy atom. The molecule has 0 aliphatic heterocycles. The number of unbranched alkanes of at least 4 members (excludes halogenated alkanes) is 7. The Balaban J connectivity index is 2.98. The van der Waals surface area contributed by atoms with Gasteiger partial charge >= 0.3 is 0 Å². The fraction of sp³-hybridized carbons (Fsp3) is 0.900. The van der Waals surface area contributed by atoms with E-state index in [1.807, 2.05) is 0 Å². The largest absolute Gasteiger partial charge is 0.303 e. The third-order valence-corrected chi connectivity index (χ3v) is 2.12. The van der Waals surface area contributed by atoms with E-state index in [9.17, 15) is 0 Å². The minimum absolute atomic E-state index is 0.979. The van der Waals surface area contributed by atoms with Crippen molar-refractivity contribution < 1.29 is 0 Å². The van der Waals surface area contributed by atoms with E-state index < -0.39 is 0 Å². The van der Waals surface area contributed by atoms with E-state index in [1.54, 1.807) is 6.21 Å². The molecule has 0 aromatic rings. The first-order chi connectivity index (χ1) is 6.91. The summed E-state index contributed by atoms with van der Waals surface area (Å²) in [5.74, 6) is 4.78. The molecule has 0 spiro atoms. The van der Waals surface area contributed by atoms with Crippen molar-refractivity contribution >= 4 is 6.21 Å². The highest BCUT2D eigenvalue weighted by Crippen LogP contribution is 2.07. The maximum atomic E-state index is 4.78. The molecule has 0 atom stereocenters. The Kier molecular flexibility index (Phi) is 11.3. The zero-order chi connectivity index (χ0) is 10.5. The molecule has 82 valence electrons. The second-order valence-corrected chi connectivity index (χ2v) is 3.41. The monoisotopic (exact) mass is 198 g/mol. The SMILES string of the molecule is CCCCCCCCCC=NN=NN. The van der Waals surface area contributed by atoms with Gasteiger partial charge in [-0.05, 0) is 18.1 Å². The van der Waals surface area contributed by atoms with Gasteiger partial charge in [-0.1, -0.05) is 50.7 Å². The quantitative estimate of drug-likeness (QED) is 0.199. The van der Waals surface area contributed by atoms with Crippen molar-refractivity contribution in [1.82, 2.24) is 0 Å². The standard InChI is InChI=1S/C10H22N4/c1-2-3-4-5-6-7-8-9-10-12-14-13-11/h10H,2-9H2,1H3,(H2,11,14). The van der Waals surface area contributed by atoms with Crippen LogP contribution >= 0.6 is 0 Å². The third kappa shape index (κ3) is 11.1. The van der Waals surface area contributed by atoms with E-state index in [1.165, 1.54) is 44.9 Å². The zero-order valence-electron chi connectivity index (χ0n) is 9.15. The van der Waals surface area contributed by atoms with Gasteiger partial charge in [0, 0.05) is 6.21 Å². The predicted octanol–water partition coefficient (Wildman–Crippen LogP) is 3.44. The fourth-order valence-corrected chi connectivity index (χ4v) is 1.32. The first-order valence-corrected chi connectivity index (χ1v) is 5.53. The van der Waals surface area contributed by atoms with Crippen LogP contribution in [-0.4, -0.2) is 6.21 Å². The third-order valence-electron chi connectivity index (χ3n) is 2.12. The molecule has 4 nitrogen and oxygen atoms in total. The fourth-order valence-electron chi connectivity index (χ4n) is 1.32. The number of nitrogens with two attached hydrogens (primary N) is 1. The van der Waals surface area contributed by atoms with Crippen LogP contribution in [0.3, 0.4) is 0 Å². The number of nitrogens with zero attached hydrogens (tertiary/aromatic N) is 3. The Morgan fingerprint density at radius 2 is 1.64 bits per heavy atom. The van der Waals surface area contributed by atoms with Crippen LogP contribution in [0.5, 0.6) is 0 Å². The molecule has 0 aliphatic carbocycles. The topological polar surface area (TPSA) is 63.1 Å². The maximum Gasteiger partial charge on any atom is 0.0289 e. The lowest BCUT2D eigenvalue weighted by Gasteiger charge is -1.98. The van der Waals surface area contributed by atoms with E-state index in [0.29, 0.717) is 0 Å². The van der Waals surface area contributed by atoms with Crippen molar-refractivity contribution in [3.8, 4) is 0 Å². The second kappa shape index (κ2) is 12.1. The second-order valence-electron chi connectivity index (χ2n) is 3.41. The minimum atomic E-state index is 0.979. The van der Waals surface area contributed by atoms with Crippen molar-refractivity contribution in [2.45, 2.75) is 58.3 Å². The van der Waals surface area contributed by atoms with Gasteiger partial charge in [0.1, 0.15) is 0 Å². The van der Waals surface area contributed by atoms with Crippen LogP contribution in [-0.2, 0) is 0 Å². The van der Waals surface area contributed by atoms with E-state index >= 15 is 0 Å². The lowest BCUT2D eigenvalue weighted by molar-refractivity contribution is 0.596. The summed E-state index contributed by atoms with van der Waals surface area (Å²) in [6.45, 7) is 2.24. The van der Waals surface area contributed by atoms with Crippen LogP contribution in [0.2, 0.25) is 0 Å². The molecule has 0 aromatic carbocycles. The molecule has 0 saturated heterocycles. The van der Waals surface area contributed by atoms with Gasteiger partial charge < -0.3 is 5.84 Å². The summed E-state index contributed by atoms with van der Waals surface area (Å²) in [5.41, 5.74) is 0. The highest BCUT2D eigenvalue weighted by atomic mass is 15.5. The lowest BCUT2D eigenvalue weighted by Crippen LogP contribution is -1.81. The molecule has 14 heavy (non-hydrogen) atoms. The van der Waals surface area contributed by atoms with E-state index in [-0.39, 0.29) is 0 Å². The number of rotatable bonds is 9. The van der Waals surface area contributed by atoms with Crippen molar-refractivity contribution in [1.29, 1.82) is 0 Å². The van der Waals surface area contributed by atoms with Gasteiger partial charge in [-0.3, -0.25) is 0 Å². The average molecular weight is 198 g/mol. The minimum Gasteiger partial charge on any atom is -0.303 e. The van der Waals surface area contributed by atoms with E-state index in [2.05, 4.69) is 22.5 Å². The van der Waals surface area contributed by atoms with Gasteiger partial charge in [-0.15, -0.1) is 5.10 Å². The van der Waals surface area contributed by atoms with Crippen LogP contribution in [0.15, 0.2) is 15.5 Å². The van der Waals surface area contributed by atoms with Gasteiger partial charge in [0.15, 0.2) is 0 Å². The van der Waals surface area contributed by atoms with Gasteiger partial charge in [-0.25, -0.2) is 0 Å². The van der Waals surface area contributed by atoms with Crippen LogP contribution < -0.4 is 5.84 Å². The molecule has 0 saturated carbocycles. The Bertz CT molecular complexity index is 154. The molecular weight excluding hydrogens is 176 g/mol. The molecule has 0 heterocycles. The molecule has 0 aromatic heterocycles. The van der Waals surface area contributed by atoms with E-state index in [0.717, 1.165) is 6.42 Å². The smallest absolute Gasteiger partial charge is 0.0289 e. The Labute approximate surface area is 86.6 Å². The van der Waals surface area contributed by atoms with E-state index in [4.69, 9.17) is 5.84 Å². The summed E-state index contributed by atoms with van der Waals surface area (Å²) in [7, 11) is 0. The van der Waals surface area contributed by atoms with Gasteiger partial charge in [0.05, 0.1) is 0 Å². The lowest BCUT2D eigenvalue weighted by atomic mass is 10.1. The summed E-state index contributed by atoms with van der Waals surface area (Å²) < 4.78 is 0. The summed E-state index contributed by atoms with van der Waals surface area (Å²) in [4.78, 5) is 0. The maximum absolute atomic E-state index is 4.78. The molecule has 0 bridgehead atoms. The highest BCUT2D eigenvalue weighted by Gasteiger charge is 1.89. The van der Waals surface area contributed by atoms with Crippen molar-refractivity contribution in [2.75, 3.05) is 0 Å². The van der Waals surface area contributed by atoms with Crippen LogP contribution in [0.4, 0.5) is 0 Å². The van der Waals surface area contributed by atoms with Crippen molar-refractivity contribution in [3.05, 3.63) is 0 Å². The summed E-state index contributed by atoms with van der Waals surface area (Å²) in [6.07, 6.45) is 12.0. The van der Waals surface area contributed by atoms with Gasteiger partial charge in [0.25, 0.3) is 0 Å². The predicted molar refractivity (Wildman–Crippen MR) is 60.1 cm³/mol. The Morgan fingerprint density at radius 1 is 1.00 bits per heavy atom. The van der Waals surface area contributed by atoms with Crippen molar-refractivity contribution in [3.63, 3.8) is 0 Å². The molecule has 4 heteroatoms. The van der Waals surface area contributed by atoms with Crippen LogP contribution in [0.25, 0.3) is 0 Å². The van der Waals surface area contributed by atoms with Crippen LogP contribution in [0, 0.1) is 0 Å². The Hall–Kier alpha value is -0.930. The molecule has 0 radical (unpaired) electrons. The molecule has 0 unspecified atom stereocenters. The molecule has 0 fully saturated rings. The number of hydrogen-bond donors (Lipinski definition) is 1. The first kappa shape index (κ1) is 13.1. The normalized spacial score (nSPS) is 11.8. The highest BCUT2D eigenvalue weighted by molar-refractivity contribution is 5.56. The molecule has 0 rings (SSSR count).